The fraction of sp³-hybridized carbons (Fsp3) is 0.222. The van der Waals surface area contributed by atoms with E-state index in [9.17, 15) is 4.79 Å². The van der Waals surface area contributed by atoms with Gasteiger partial charge < -0.3 is 9.73 Å². The standard InChI is InChI=1S/C18H18N2O2/c21-18(9-7-14-4-2-1-3-5-14)19-11-10-15-6-8-16-17(12-15)22-13-20-16/h1-6,8,12-13H,7,9-11H2,(H,19,21). The number of amides is 1. The van der Waals surface area contributed by atoms with Crippen molar-refractivity contribution in [1.82, 2.24) is 10.3 Å². The second-order valence-electron chi connectivity index (χ2n) is 5.24. The van der Waals surface area contributed by atoms with Gasteiger partial charge in [-0.25, -0.2) is 4.98 Å². The molecule has 0 aliphatic carbocycles. The Bertz CT molecular complexity index is 750. The molecule has 1 aromatic heterocycles. The van der Waals surface area contributed by atoms with E-state index in [1.807, 2.05) is 48.5 Å². The predicted octanol–water partition coefficient (Wildman–Crippen LogP) is 3.12. The number of aryl methyl sites for hydroxylation is 1. The number of carbonyl (C=O) groups excluding carboxylic acids is 1. The van der Waals surface area contributed by atoms with E-state index in [4.69, 9.17) is 4.42 Å². The summed E-state index contributed by atoms with van der Waals surface area (Å²) in [7, 11) is 0. The van der Waals surface area contributed by atoms with Crippen LogP contribution in [0.25, 0.3) is 11.1 Å². The van der Waals surface area contributed by atoms with E-state index >= 15 is 0 Å². The maximum absolute atomic E-state index is 11.8. The van der Waals surface area contributed by atoms with Crippen LogP contribution in [0.3, 0.4) is 0 Å². The Morgan fingerprint density at radius 3 is 2.77 bits per heavy atom. The van der Waals surface area contributed by atoms with Crippen LogP contribution in [0.4, 0.5) is 0 Å². The van der Waals surface area contributed by atoms with E-state index in [1.165, 1.54) is 12.0 Å². The van der Waals surface area contributed by atoms with Crippen molar-refractivity contribution >= 4 is 17.0 Å². The van der Waals surface area contributed by atoms with Gasteiger partial charge >= 0.3 is 0 Å². The fourth-order valence-corrected chi connectivity index (χ4v) is 2.39. The highest BCUT2D eigenvalue weighted by Gasteiger charge is 2.03. The van der Waals surface area contributed by atoms with Gasteiger partial charge in [-0.05, 0) is 36.1 Å². The zero-order chi connectivity index (χ0) is 15.2. The van der Waals surface area contributed by atoms with E-state index in [1.54, 1.807) is 0 Å². The van der Waals surface area contributed by atoms with Crippen molar-refractivity contribution in [3.8, 4) is 0 Å². The van der Waals surface area contributed by atoms with Crippen molar-refractivity contribution in [2.75, 3.05) is 6.54 Å². The van der Waals surface area contributed by atoms with E-state index < -0.39 is 0 Å². The van der Waals surface area contributed by atoms with Crippen molar-refractivity contribution in [3.05, 3.63) is 66.1 Å². The van der Waals surface area contributed by atoms with E-state index in [2.05, 4.69) is 10.3 Å². The Kier molecular flexibility index (Phi) is 4.49. The third kappa shape index (κ3) is 3.73. The first-order chi connectivity index (χ1) is 10.8. The van der Waals surface area contributed by atoms with Gasteiger partial charge in [-0.15, -0.1) is 0 Å². The normalized spacial score (nSPS) is 10.7. The zero-order valence-corrected chi connectivity index (χ0v) is 12.3. The Balaban J connectivity index is 1.43. The Morgan fingerprint density at radius 1 is 1.05 bits per heavy atom. The quantitative estimate of drug-likeness (QED) is 0.760. The number of hydrogen-bond donors (Lipinski definition) is 1. The highest BCUT2D eigenvalue weighted by Crippen LogP contribution is 2.14. The lowest BCUT2D eigenvalue weighted by molar-refractivity contribution is -0.121. The number of aromatic nitrogens is 1. The van der Waals surface area contributed by atoms with Crippen LogP contribution >= 0.6 is 0 Å². The molecule has 0 atom stereocenters. The summed E-state index contributed by atoms with van der Waals surface area (Å²) in [6, 6.07) is 16.0. The van der Waals surface area contributed by atoms with Gasteiger partial charge in [0.25, 0.3) is 0 Å². The molecular formula is C18H18N2O2. The molecule has 0 spiro atoms. The summed E-state index contributed by atoms with van der Waals surface area (Å²) in [5.74, 6) is 0.0876. The maximum Gasteiger partial charge on any atom is 0.220 e. The number of nitrogens with one attached hydrogen (secondary N) is 1. The number of benzene rings is 2. The molecule has 0 saturated carbocycles. The Morgan fingerprint density at radius 2 is 1.91 bits per heavy atom. The number of carbonyl (C=O) groups is 1. The minimum Gasteiger partial charge on any atom is -0.443 e. The van der Waals surface area contributed by atoms with E-state index in [0.29, 0.717) is 13.0 Å². The molecule has 4 nitrogen and oxygen atoms in total. The van der Waals surface area contributed by atoms with E-state index in [0.717, 1.165) is 29.5 Å². The molecule has 22 heavy (non-hydrogen) atoms. The molecule has 3 aromatic rings. The molecule has 1 amide bonds. The first kappa shape index (κ1) is 14.3. The lowest BCUT2D eigenvalue weighted by Crippen LogP contribution is -2.25. The average molecular weight is 294 g/mol. The van der Waals surface area contributed by atoms with Crippen LogP contribution in [0.2, 0.25) is 0 Å². The van der Waals surface area contributed by atoms with Crippen LogP contribution in [-0.2, 0) is 17.6 Å². The molecule has 0 bridgehead atoms. The van der Waals surface area contributed by atoms with Crippen LogP contribution < -0.4 is 5.32 Å². The molecule has 1 N–H and O–H groups in total. The minimum absolute atomic E-state index is 0.0876. The maximum atomic E-state index is 11.8. The average Bonchev–Trinajstić information content (AvgIpc) is 3.02. The second-order valence-corrected chi connectivity index (χ2v) is 5.24. The monoisotopic (exact) mass is 294 g/mol. The molecule has 0 aliphatic rings. The van der Waals surface area contributed by atoms with Crippen molar-refractivity contribution in [3.63, 3.8) is 0 Å². The summed E-state index contributed by atoms with van der Waals surface area (Å²) >= 11 is 0. The molecule has 3 rings (SSSR count). The van der Waals surface area contributed by atoms with Crippen LogP contribution in [0.15, 0.2) is 59.3 Å². The molecule has 1 heterocycles. The molecule has 112 valence electrons. The van der Waals surface area contributed by atoms with Crippen LogP contribution in [0.1, 0.15) is 17.5 Å². The smallest absolute Gasteiger partial charge is 0.220 e. The Labute approximate surface area is 129 Å². The molecule has 0 radical (unpaired) electrons. The van der Waals surface area contributed by atoms with Crippen molar-refractivity contribution in [1.29, 1.82) is 0 Å². The topological polar surface area (TPSA) is 55.1 Å². The fourth-order valence-electron chi connectivity index (χ4n) is 2.39. The number of nitrogens with zero attached hydrogens (tertiary/aromatic N) is 1. The molecule has 0 fully saturated rings. The zero-order valence-electron chi connectivity index (χ0n) is 12.3. The van der Waals surface area contributed by atoms with Gasteiger partial charge in [-0.2, -0.15) is 0 Å². The highest BCUT2D eigenvalue weighted by atomic mass is 16.3. The van der Waals surface area contributed by atoms with Crippen LogP contribution in [0.5, 0.6) is 0 Å². The molecule has 0 unspecified atom stereocenters. The van der Waals surface area contributed by atoms with Gasteiger partial charge in [0.05, 0.1) is 0 Å². The minimum atomic E-state index is 0.0876. The van der Waals surface area contributed by atoms with Gasteiger partial charge in [-0.3, -0.25) is 4.79 Å². The SMILES string of the molecule is O=C(CCc1ccccc1)NCCc1ccc2ncoc2c1. The molecular weight excluding hydrogens is 276 g/mol. The molecule has 2 aromatic carbocycles. The van der Waals surface area contributed by atoms with E-state index in [-0.39, 0.29) is 5.91 Å². The summed E-state index contributed by atoms with van der Waals surface area (Å²) in [6.07, 6.45) is 3.52. The van der Waals surface area contributed by atoms with Gasteiger partial charge in [0.2, 0.25) is 5.91 Å². The highest BCUT2D eigenvalue weighted by molar-refractivity contribution is 5.76. The predicted molar refractivity (Wildman–Crippen MR) is 85.5 cm³/mol. The summed E-state index contributed by atoms with van der Waals surface area (Å²) in [4.78, 5) is 15.9. The summed E-state index contributed by atoms with van der Waals surface area (Å²) in [5, 5.41) is 2.96. The number of fused-ring (bicyclic) bond motifs is 1. The second kappa shape index (κ2) is 6.89. The summed E-state index contributed by atoms with van der Waals surface area (Å²) in [5.41, 5.74) is 3.96. The van der Waals surface area contributed by atoms with Gasteiger partial charge in [0, 0.05) is 13.0 Å². The van der Waals surface area contributed by atoms with Gasteiger partial charge in [0.15, 0.2) is 12.0 Å². The van der Waals surface area contributed by atoms with Gasteiger partial charge in [0.1, 0.15) is 5.52 Å². The van der Waals surface area contributed by atoms with Crippen molar-refractivity contribution in [2.24, 2.45) is 0 Å². The number of oxazole rings is 1. The molecule has 4 heteroatoms. The lowest BCUT2D eigenvalue weighted by atomic mass is 10.1. The van der Waals surface area contributed by atoms with Crippen LogP contribution in [0, 0.1) is 0 Å². The lowest BCUT2D eigenvalue weighted by Gasteiger charge is -2.05. The number of hydrogen-bond acceptors (Lipinski definition) is 3. The third-order valence-corrected chi connectivity index (χ3v) is 3.62. The molecule has 0 aliphatic heterocycles. The van der Waals surface area contributed by atoms with Crippen molar-refractivity contribution < 1.29 is 9.21 Å². The number of rotatable bonds is 6. The van der Waals surface area contributed by atoms with Crippen molar-refractivity contribution in [2.45, 2.75) is 19.3 Å². The Hall–Kier alpha value is -2.62. The van der Waals surface area contributed by atoms with Crippen LogP contribution in [-0.4, -0.2) is 17.4 Å². The van der Waals surface area contributed by atoms with Gasteiger partial charge in [-0.1, -0.05) is 36.4 Å². The largest absolute Gasteiger partial charge is 0.443 e. The summed E-state index contributed by atoms with van der Waals surface area (Å²) in [6.45, 7) is 0.632. The first-order valence-corrected chi connectivity index (χ1v) is 7.44. The summed E-state index contributed by atoms with van der Waals surface area (Å²) < 4.78 is 5.28. The first-order valence-electron chi connectivity index (χ1n) is 7.44. The third-order valence-electron chi connectivity index (χ3n) is 3.62. The molecule has 0 saturated heterocycles.